The summed E-state index contributed by atoms with van der Waals surface area (Å²) in [6.45, 7) is 2.65. The number of carboxylic acid groups (broad SMARTS) is 1. The van der Waals surface area contributed by atoms with Crippen molar-refractivity contribution < 1.29 is 19.5 Å². The number of fused-ring (bicyclic) bond motifs is 1. The molecule has 1 aromatic heterocycles. The topological polar surface area (TPSA) is 116 Å². The maximum atomic E-state index is 12.5. The van der Waals surface area contributed by atoms with E-state index < -0.39 is 11.5 Å². The van der Waals surface area contributed by atoms with Crippen LogP contribution < -0.4 is 10.7 Å². The minimum atomic E-state index is -1.52. The molecule has 136 valence electrons. The normalized spacial score (nSPS) is 14.5. The van der Waals surface area contributed by atoms with Gasteiger partial charge in [-0.05, 0) is 6.07 Å². The third kappa shape index (κ3) is 3.28. The van der Waals surface area contributed by atoms with Crippen molar-refractivity contribution in [2.24, 2.45) is 0 Å². The molecule has 26 heavy (non-hydrogen) atoms. The number of piperazine rings is 1. The van der Waals surface area contributed by atoms with Crippen LogP contribution in [0, 0.1) is 0 Å². The Kier molecular flexibility index (Phi) is 4.70. The van der Waals surface area contributed by atoms with E-state index in [-0.39, 0.29) is 34.8 Å². The summed E-state index contributed by atoms with van der Waals surface area (Å²) in [6.07, 6.45) is 0. The van der Waals surface area contributed by atoms with Gasteiger partial charge in [-0.2, -0.15) is 5.10 Å². The van der Waals surface area contributed by atoms with Crippen molar-refractivity contribution in [1.82, 2.24) is 19.6 Å². The zero-order valence-corrected chi connectivity index (χ0v) is 14.2. The molecule has 1 aliphatic heterocycles. The van der Waals surface area contributed by atoms with Crippen molar-refractivity contribution in [1.29, 1.82) is 0 Å². The molecule has 2 aromatic rings. The summed E-state index contributed by atoms with van der Waals surface area (Å²) in [7, 11) is 0. The summed E-state index contributed by atoms with van der Waals surface area (Å²) < 4.78 is 0.854. The van der Waals surface area contributed by atoms with Crippen LogP contribution in [-0.4, -0.2) is 63.5 Å². The Morgan fingerprint density at radius 2 is 1.62 bits per heavy atom. The third-order valence-electron chi connectivity index (χ3n) is 4.42. The Hall–Kier alpha value is -3.23. The number of hydrogen-bond donors (Lipinski definition) is 0. The predicted molar refractivity (Wildman–Crippen MR) is 89.2 cm³/mol. The highest BCUT2D eigenvalue weighted by Gasteiger charge is 2.23. The number of amides is 2. The Morgan fingerprint density at radius 3 is 2.19 bits per heavy atom. The molecular formula is C17H17N4O5-. The molecule has 0 saturated carbocycles. The quantitative estimate of drug-likeness (QED) is 0.657. The summed E-state index contributed by atoms with van der Waals surface area (Å²) in [5.74, 6) is -1.93. The Balaban J connectivity index is 1.86. The number of aromatic nitrogens is 2. The highest BCUT2D eigenvalue weighted by molar-refractivity contribution is 6.00. The number of carbonyl (C=O) groups is 3. The standard InChI is InChI=1S/C17H18N4O5/c1-11(22)19-6-8-20(9-7-19)14(23)10-21-16(24)13-5-3-2-4-12(13)15(18-21)17(25)26/h2-5H,6-10H2,1H3,(H,25,26)/p-1. The van der Waals surface area contributed by atoms with Crippen molar-refractivity contribution >= 4 is 28.6 Å². The molecule has 0 spiro atoms. The molecule has 3 rings (SSSR count). The molecule has 0 atom stereocenters. The molecule has 2 heterocycles. The highest BCUT2D eigenvalue weighted by atomic mass is 16.4. The fourth-order valence-electron chi connectivity index (χ4n) is 2.99. The molecule has 1 saturated heterocycles. The molecule has 2 amide bonds. The van der Waals surface area contributed by atoms with Gasteiger partial charge in [0, 0.05) is 38.5 Å². The molecule has 0 aliphatic carbocycles. The minimum absolute atomic E-state index is 0.0527. The number of rotatable bonds is 3. The summed E-state index contributed by atoms with van der Waals surface area (Å²) in [5.41, 5.74) is -0.921. The smallest absolute Gasteiger partial charge is 0.275 e. The number of hydrogen-bond acceptors (Lipinski definition) is 6. The average Bonchev–Trinajstić information content (AvgIpc) is 2.63. The van der Waals surface area contributed by atoms with Crippen LogP contribution in [0.4, 0.5) is 0 Å². The van der Waals surface area contributed by atoms with Crippen LogP contribution in [0.2, 0.25) is 0 Å². The first-order valence-electron chi connectivity index (χ1n) is 8.13. The number of benzene rings is 1. The van der Waals surface area contributed by atoms with Gasteiger partial charge in [0.05, 0.1) is 11.4 Å². The van der Waals surface area contributed by atoms with E-state index in [2.05, 4.69) is 5.10 Å². The first-order valence-corrected chi connectivity index (χ1v) is 8.13. The van der Waals surface area contributed by atoms with E-state index in [1.165, 1.54) is 24.0 Å². The van der Waals surface area contributed by atoms with Crippen LogP contribution in [0.1, 0.15) is 17.4 Å². The van der Waals surface area contributed by atoms with E-state index in [1.807, 2.05) is 0 Å². The highest BCUT2D eigenvalue weighted by Crippen LogP contribution is 2.12. The number of aromatic carboxylic acids is 1. The Labute approximate surface area is 148 Å². The van der Waals surface area contributed by atoms with E-state index in [0.717, 1.165) is 4.68 Å². The van der Waals surface area contributed by atoms with Gasteiger partial charge in [-0.1, -0.05) is 18.2 Å². The fraction of sp³-hybridized carbons (Fsp3) is 0.353. The molecule has 9 nitrogen and oxygen atoms in total. The maximum absolute atomic E-state index is 12.5. The second-order valence-corrected chi connectivity index (χ2v) is 6.03. The lowest BCUT2D eigenvalue weighted by Gasteiger charge is -2.34. The lowest BCUT2D eigenvalue weighted by molar-refractivity contribution is -0.255. The first-order chi connectivity index (χ1) is 12.4. The van der Waals surface area contributed by atoms with E-state index in [9.17, 15) is 24.3 Å². The maximum Gasteiger partial charge on any atom is 0.275 e. The van der Waals surface area contributed by atoms with Gasteiger partial charge in [-0.3, -0.25) is 14.4 Å². The van der Waals surface area contributed by atoms with Crippen LogP contribution in [0.3, 0.4) is 0 Å². The van der Waals surface area contributed by atoms with Gasteiger partial charge in [0.25, 0.3) is 5.56 Å². The summed E-state index contributed by atoms with van der Waals surface area (Å²) in [5, 5.41) is 15.5. The van der Waals surface area contributed by atoms with Gasteiger partial charge in [-0.25, -0.2) is 4.68 Å². The van der Waals surface area contributed by atoms with E-state index in [1.54, 1.807) is 17.0 Å². The fourth-order valence-corrected chi connectivity index (χ4v) is 2.99. The van der Waals surface area contributed by atoms with Crippen LogP contribution in [0.5, 0.6) is 0 Å². The zero-order chi connectivity index (χ0) is 18.8. The van der Waals surface area contributed by atoms with Crippen LogP contribution in [-0.2, 0) is 16.1 Å². The molecule has 0 N–H and O–H groups in total. The number of carboxylic acids is 1. The van der Waals surface area contributed by atoms with Crippen LogP contribution in [0.25, 0.3) is 10.8 Å². The molecule has 0 unspecified atom stereocenters. The summed E-state index contributed by atoms with van der Waals surface area (Å²) in [4.78, 5) is 50.9. The zero-order valence-electron chi connectivity index (χ0n) is 14.2. The second-order valence-electron chi connectivity index (χ2n) is 6.03. The van der Waals surface area contributed by atoms with Crippen molar-refractivity contribution in [2.75, 3.05) is 26.2 Å². The van der Waals surface area contributed by atoms with Gasteiger partial charge in [0.15, 0.2) is 0 Å². The molecule has 1 fully saturated rings. The van der Waals surface area contributed by atoms with Crippen LogP contribution >= 0.6 is 0 Å². The Morgan fingerprint density at radius 1 is 1.04 bits per heavy atom. The predicted octanol–water partition coefficient (Wildman–Crippen LogP) is -1.55. The molecular weight excluding hydrogens is 340 g/mol. The first kappa shape index (κ1) is 17.6. The van der Waals surface area contributed by atoms with Crippen molar-refractivity contribution in [2.45, 2.75) is 13.5 Å². The lowest BCUT2D eigenvalue weighted by atomic mass is 10.1. The van der Waals surface area contributed by atoms with E-state index in [4.69, 9.17) is 0 Å². The molecule has 1 aromatic carbocycles. The monoisotopic (exact) mass is 357 g/mol. The minimum Gasteiger partial charge on any atom is -0.543 e. The SMILES string of the molecule is CC(=O)N1CCN(C(=O)Cn2nc(C(=O)[O-])c3ccccc3c2=O)CC1. The van der Waals surface area contributed by atoms with Gasteiger partial charge in [0.1, 0.15) is 12.2 Å². The van der Waals surface area contributed by atoms with Crippen molar-refractivity contribution in [3.63, 3.8) is 0 Å². The lowest BCUT2D eigenvalue weighted by Crippen LogP contribution is -2.51. The Bertz CT molecular complexity index is 944. The number of carbonyl (C=O) groups excluding carboxylic acids is 3. The van der Waals surface area contributed by atoms with E-state index in [0.29, 0.717) is 26.2 Å². The molecule has 1 aliphatic rings. The van der Waals surface area contributed by atoms with Gasteiger partial charge in [0.2, 0.25) is 11.8 Å². The largest absolute Gasteiger partial charge is 0.543 e. The summed E-state index contributed by atoms with van der Waals surface area (Å²) >= 11 is 0. The van der Waals surface area contributed by atoms with Crippen molar-refractivity contribution in [3.05, 3.63) is 40.3 Å². The molecule has 0 bridgehead atoms. The summed E-state index contributed by atoms with van der Waals surface area (Å²) in [6, 6.07) is 6.16. The average molecular weight is 357 g/mol. The number of nitrogens with zero attached hydrogens (tertiary/aromatic N) is 4. The van der Waals surface area contributed by atoms with Gasteiger partial charge >= 0.3 is 0 Å². The van der Waals surface area contributed by atoms with E-state index >= 15 is 0 Å². The van der Waals surface area contributed by atoms with Crippen LogP contribution in [0.15, 0.2) is 29.1 Å². The van der Waals surface area contributed by atoms with Gasteiger partial charge in [-0.15, -0.1) is 0 Å². The van der Waals surface area contributed by atoms with Gasteiger partial charge < -0.3 is 19.7 Å². The molecule has 0 radical (unpaired) electrons. The molecule has 9 heteroatoms. The van der Waals surface area contributed by atoms with Crippen molar-refractivity contribution in [3.8, 4) is 0 Å². The third-order valence-corrected chi connectivity index (χ3v) is 4.42. The second kappa shape index (κ2) is 6.95.